The van der Waals surface area contributed by atoms with Gasteiger partial charge in [0.2, 0.25) is 0 Å². The fraction of sp³-hybridized carbons (Fsp3) is 0.250. The van der Waals surface area contributed by atoms with E-state index in [0.717, 1.165) is 6.42 Å². The van der Waals surface area contributed by atoms with Crippen LogP contribution in [0.4, 0.5) is 4.39 Å². The molecule has 1 saturated heterocycles. The fourth-order valence-electron chi connectivity index (χ4n) is 3.50. The second-order valence-electron chi connectivity index (χ2n) is 6.73. The zero-order valence-corrected chi connectivity index (χ0v) is 14.9. The number of hydrogen-bond acceptors (Lipinski definition) is 3. The van der Waals surface area contributed by atoms with E-state index in [1.165, 1.54) is 28.8 Å². The zero-order valence-electron chi connectivity index (χ0n) is 14.9. The van der Waals surface area contributed by atoms with E-state index in [1.807, 2.05) is 10.8 Å². The lowest BCUT2D eigenvalue weighted by molar-refractivity contribution is 0.0785. The molecule has 1 aliphatic heterocycles. The fourth-order valence-corrected chi connectivity index (χ4v) is 3.50. The minimum absolute atomic E-state index is 0.160. The Morgan fingerprint density at radius 3 is 2.67 bits per heavy atom. The van der Waals surface area contributed by atoms with Gasteiger partial charge in [0.05, 0.1) is 12.4 Å². The summed E-state index contributed by atoms with van der Waals surface area (Å²) in [6, 6.07) is 7.52. The number of pyridine rings is 1. The highest BCUT2D eigenvalue weighted by Crippen LogP contribution is 2.23. The second-order valence-corrected chi connectivity index (χ2v) is 6.73. The summed E-state index contributed by atoms with van der Waals surface area (Å²) in [5.74, 6) is -0.644. The van der Waals surface area contributed by atoms with E-state index in [9.17, 15) is 14.0 Å². The Kier molecular flexibility index (Phi) is 4.35. The van der Waals surface area contributed by atoms with E-state index in [1.54, 1.807) is 36.6 Å². The number of halogens is 1. The molecule has 1 atom stereocenters. The van der Waals surface area contributed by atoms with Crippen LogP contribution in [0.15, 0.2) is 60.0 Å². The lowest BCUT2D eigenvalue weighted by Gasteiger charge is -2.18. The van der Waals surface area contributed by atoms with E-state index in [0.29, 0.717) is 24.3 Å². The first-order valence-electron chi connectivity index (χ1n) is 8.79. The van der Waals surface area contributed by atoms with Crippen LogP contribution in [0.25, 0.3) is 5.69 Å². The molecular formula is C20H19FN4O2. The van der Waals surface area contributed by atoms with Gasteiger partial charge < -0.3 is 9.47 Å². The highest BCUT2D eigenvalue weighted by atomic mass is 19.1. The van der Waals surface area contributed by atoms with Gasteiger partial charge in [0.25, 0.3) is 11.5 Å². The topological polar surface area (TPSA) is 60.1 Å². The van der Waals surface area contributed by atoms with Crippen molar-refractivity contribution in [3.8, 4) is 5.69 Å². The third-order valence-corrected chi connectivity index (χ3v) is 5.02. The van der Waals surface area contributed by atoms with Gasteiger partial charge in [0, 0.05) is 37.4 Å². The first kappa shape index (κ1) is 17.2. The number of rotatable bonds is 3. The molecule has 27 heavy (non-hydrogen) atoms. The maximum atomic E-state index is 13.2. The van der Waals surface area contributed by atoms with Gasteiger partial charge in [-0.2, -0.15) is 0 Å². The molecule has 3 aromatic rings. The Morgan fingerprint density at radius 1 is 1.19 bits per heavy atom. The number of aromatic nitrogens is 3. The van der Waals surface area contributed by atoms with Gasteiger partial charge in [0.1, 0.15) is 11.4 Å². The largest absolute Gasteiger partial charge is 0.336 e. The molecule has 1 amide bonds. The normalized spacial score (nSPS) is 16.7. The van der Waals surface area contributed by atoms with Gasteiger partial charge >= 0.3 is 0 Å². The van der Waals surface area contributed by atoms with Crippen LogP contribution >= 0.6 is 0 Å². The van der Waals surface area contributed by atoms with Crippen LogP contribution in [0, 0.1) is 12.7 Å². The molecule has 0 spiro atoms. The highest BCUT2D eigenvalue weighted by Gasteiger charge is 2.30. The molecule has 2 aromatic heterocycles. The average Bonchev–Trinajstić information content (AvgIpc) is 3.34. The summed E-state index contributed by atoms with van der Waals surface area (Å²) in [6.45, 7) is 2.89. The standard InChI is InChI=1S/C20H19FN4O2/c1-14-6-10-25(16-4-2-15(21)3-5-16)20(27)18(14)19(26)23-9-7-17(12-23)24-11-8-22-13-24/h2-6,8,10-11,13,17H,7,9,12H2,1H3. The van der Waals surface area contributed by atoms with Gasteiger partial charge in [-0.25, -0.2) is 9.37 Å². The van der Waals surface area contributed by atoms with Crippen molar-refractivity contribution < 1.29 is 9.18 Å². The second kappa shape index (κ2) is 6.83. The molecule has 7 heteroatoms. The molecule has 1 aromatic carbocycles. The summed E-state index contributed by atoms with van der Waals surface area (Å²) in [7, 11) is 0. The minimum atomic E-state index is -0.391. The number of carbonyl (C=O) groups is 1. The van der Waals surface area contributed by atoms with Crippen LogP contribution in [0.1, 0.15) is 28.4 Å². The molecule has 0 aliphatic carbocycles. The van der Waals surface area contributed by atoms with Crippen molar-refractivity contribution in [1.82, 2.24) is 19.0 Å². The first-order chi connectivity index (χ1) is 13.0. The highest BCUT2D eigenvalue weighted by molar-refractivity contribution is 5.95. The molecule has 0 saturated carbocycles. The predicted molar refractivity (Wildman–Crippen MR) is 98.5 cm³/mol. The van der Waals surface area contributed by atoms with Crippen molar-refractivity contribution in [2.24, 2.45) is 0 Å². The molecule has 0 N–H and O–H groups in total. The molecule has 1 aliphatic rings. The first-order valence-corrected chi connectivity index (χ1v) is 8.79. The predicted octanol–water partition coefficient (Wildman–Crippen LogP) is 2.57. The molecule has 138 valence electrons. The molecular weight excluding hydrogens is 347 g/mol. The molecule has 6 nitrogen and oxygen atoms in total. The van der Waals surface area contributed by atoms with Crippen LogP contribution in [-0.4, -0.2) is 38.0 Å². The van der Waals surface area contributed by atoms with Crippen LogP contribution in [0.5, 0.6) is 0 Å². The third kappa shape index (κ3) is 3.16. The Hall–Kier alpha value is -3.22. The Labute approximate surface area is 155 Å². The van der Waals surface area contributed by atoms with Crippen molar-refractivity contribution in [3.63, 3.8) is 0 Å². The number of hydrogen-bond donors (Lipinski definition) is 0. The van der Waals surface area contributed by atoms with E-state index in [-0.39, 0.29) is 23.3 Å². The monoisotopic (exact) mass is 366 g/mol. The number of imidazole rings is 1. The van der Waals surface area contributed by atoms with Gasteiger partial charge in [-0.3, -0.25) is 14.2 Å². The molecule has 0 radical (unpaired) electrons. The van der Waals surface area contributed by atoms with Gasteiger partial charge in [-0.15, -0.1) is 0 Å². The molecule has 0 bridgehead atoms. The van der Waals surface area contributed by atoms with Crippen LogP contribution in [0.2, 0.25) is 0 Å². The summed E-state index contributed by atoms with van der Waals surface area (Å²) < 4.78 is 16.5. The molecule has 1 unspecified atom stereocenters. The summed E-state index contributed by atoms with van der Waals surface area (Å²) in [6.07, 6.45) is 7.77. The van der Waals surface area contributed by atoms with Gasteiger partial charge in [-0.1, -0.05) is 0 Å². The van der Waals surface area contributed by atoms with E-state index in [4.69, 9.17) is 0 Å². The lowest BCUT2D eigenvalue weighted by Crippen LogP contribution is -2.36. The molecule has 3 heterocycles. The van der Waals surface area contributed by atoms with Gasteiger partial charge in [-0.05, 0) is 49.2 Å². The van der Waals surface area contributed by atoms with Crippen LogP contribution < -0.4 is 5.56 Å². The van der Waals surface area contributed by atoms with Crippen LogP contribution in [-0.2, 0) is 0 Å². The molecule has 4 rings (SSSR count). The number of nitrogens with zero attached hydrogens (tertiary/aromatic N) is 4. The number of benzene rings is 1. The average molecular weight is 366 g/mol. The number of likely N-dealkylation sites (tertiary alicyclic amines) is 1. The summed E-state index contributed by atoms with van der Waals surface area (Å²) in [5.41, 5.74) is 0.924. The molecule has 1 fully saturated rings. The lowest BCUT2D eigenvalue weighted by atomic mass is 10.1. The zero-order chi connectivity index (χ0) is 19.0. The van der Waals surface area contributed by atoms with Crippen molar-refractivity contribution in [1.29, 1.82) is 0 Å². The van der Waals surface area contributed by atoms with E-state index >= 15 is 0 Å². The number of carbonyl (C=O) groups excluding carboxylic acids is 1. The Morgan fingerprint density at radius 2 is 1.96 bits per heavy atom. The van der Waals surface area contributed by atoms with Crippen molar-refractivity contribution in [2.45, 2.75) is 19.4 Å². The van der Waals surface area contributed by atoms with Crippen LogP contribution in [0.3, 0.4) is 0 Å². The quantitative estimate of drug-likeness (QED) is 0.716. The van der Waals surface area contributed by atoms with E-state index in [2.05, 4.69) is 4.98 Å². The Bertz CT molecular complexity index is 1030. The number of amides is 1. The summed E-state index contributed by atoms with van der Waals surface area (Å²) in [4.78, 5) is 31.8. The maximum absolute atomic E-state index is 13.2. The van der Waals surface area contributed by atoms with Crippen molar-refractivity contribution >= 4 is 5.91 Å². The number of aryl methyl sites for hydroxylation is 1. The van der Waals surface area contributed by atoms with Crippen molar-refractivity contribution in [2.75, 3.05) is 13.1 Å². The van der Waals surface area contributed by atoms with Crippen molar-refractivity contribution in [3.05, 3.63) is 82.5 Å². The summed E-state index contributed by atoms with van der Waals surface area (Å²) in [5, 5.41) is 0. The smallest absolute Gasteiger partial charge is 0.268 e. The summed E-state index contributed by atoms with van der Waals surface area (Å²) >= 11 is 0. The maximum Gasteiger partial charge on any atom is 0.268 e. The van der Waals surface area contributed by atoms with E-state index < -0.39 is 5.56 Å². The van der Waals surface area contributed by atoms with Gasteiger partial charge in [0.15, 0.2) is 0 Å². The minimum Gasteiger partial charge on any atom is -0.336 e. The SMILES string of the molecule is Cc1ccn(-c2ccc(F)cc2)c(=O)c1C(=O)N1CCC(n2ccnc2)C1. The third-order valence-electron chi connectivity index (χ3n) is 5.02. The Balaban J connectivity index is 1.65.